The lowest BCUT2D eigenvalue weighted by atomic mass is 10.3. The van der Waals surface area contributed by atoms with Crippen LogP contribution in [0.2, 0.25) is 15.2 Å². The fourth-order valence-corrected chi connectivity index (χ4v) is 1.98. The Balaban J connectivity index is 2.15. The first-order valence-electron chi connectivity index (χ1n) is 5.35. The number of halogens is 3. The molecule has 0 N–H and O–H groups in total. The standard InChI is InChI=1S/C12H7Cl3N2O3/c13-8-2-4-12(15)16-10(8)6-20-11-3-1-7(17(18)19)5-9(11)14/h1-5H,6H2. The van der Waals surface area contributed by atoms with E-state index in [0.717, 1.165) is 0 Å². The number of pyridine rings is 1. The van der Waals surface area contributed by atoms with Gasteiger partial charge in [-0.05, 0) is 18.2 Å². The first kappa shape index (κ1) is 14.8. The monoisotopic (exact) mass is 332 g/mol. The fraction of sp³-hybridized carbons (Fsp3) is 0.0833. The molecule has 1 heterocycles. The molecule has 0 aliphatic carbocycles. The maximum Gasteiger partial charge on any atom is 0.271 e. The Morgan fingerprint density at radius 1 is 1.15 bits per heavy atom. The average molecular weight is 334 g/mol. The molecule has 2 rings (SSSR count). The number of hydrogen-bond donors (Lipinski definition) is 0. The lowest BCUT2D eigenvalue weighted by Crippen LogP contribution is -2.00. The van der Waals surface area contributed by atoms with Gasteiger partial charge in [-0.15, -0.1) is 0 Å². The third-order valence-corrected chi connectivity index (χ3v) is 3.23. The van der Waals surface area contributed by atoms with Gasteiger partial charge in [-0.25, -0.2) is 4.98 Å². The van der Waals surface area contributed by atoms with Crippen LogP contribution >= 0.6 is 34.8 Å². The van der Waals surface area contributed by atoms with E-state index in [1.807, 2.05) is 0 Å². The Labute approximate surface area is 129 Å². The molecule has 0 spiro atoms. The minimum Gasteiger partial charge on any atom is -0.486 e. The largest absolute Gasteiger partial charge is 0.486 e. The maximum absolute atomic E-state index is 10.6. The Kier molecular flexibility index (Phi) is 4.65. The van der Waals surface area contributed by atoms with Crippen molar-refractivity contribution in [3.8, 4) is 5.75 Å². The summed E-state index contributed by atoms with van der Waals surface area (Å²) in [7, 11) is 0. The molecule has 0 aliphatic heterocycles. The lowest BCUT2D eigenvalue weighted by molar-refractivity contribution is -0.384. The van der Waals surface area contributed by atoms with E-state index in [2.05, 4.69) is 4.98 Å². The van der Waals surface area contributed by atoms with Gasteiger partial charge < -0.3 is 4.74 Å². The fourth-order valence-electron chi connectivity index (χ4n) is 1.43. The van der Waals surface area contributed by atoms with E-state index in [4.69, 9.17) is 39.5 Å². The van der Waals surface area contributed by atoms with Crippen molar-refractivity contribution in [3.63, 3.8) is 0 Å². The van der Waals surface area contributed by atoms with Crippen LogP contribution in [0.25, 0.3) is 0 Å². The van der Waals surface area contributed by atoms with Crippen molar-refractivity contribution >= 4 is 40.5 Å². The number of benzene rings is 1. The number of aromatic nitrogens is 1. The molecule has 0 amide bonds. The van der Waals surface area contributed by atoms with Gasteiger partial charge in [-0.1, -0.05) is 34.8 Å². The third kappa shape index (κ3) is 3.50. The van der Waals surface area contributed by atoms with Crippen LogP contribution in [-0.4, -0.2) is 9.91 Å². The highest BCUT2D eigenvalue weighted by Crippen LogP contribution is 2.29. The molecular formula is C12H7Cl3N2O3. The van der Waals surface area contributed by atoms with Gasteiger partial charge in [0.15, 0.2) is 0 Å². The lowest BCUT2D eigenvalue weighted by Gasteiger charge is -2.08. The number of nitrogens with zero attached hydrogens (tertiary/aromatic N) is 2. The van der Waals surface area contributed by atoms with Crippen LogP contribution in [0, 0.1) is 10.1 Å². The highest BCUT2D eigenvalue weighted by atomic mass is 35.5. The molecule has 0 fully saturated rings. The van der Waals surface area contributed by atoms with Crippen LogP contribution < -0.4 is 4.74 Å². The van der Waals surface area contributed by atoms with Gasteiger partial charge in [-0.3, -0.25) is 10.1 Å². The van der Waals surface area contributed by atoms with E-state index in [-0.39, 0.29) is 17.3 Å². The van der Waals surface area contributed by atoms with E-state index in [1.165, 1.54) is 18.2 Å². The van der Waals surface area contributed by atoms with Gasteiger partial charge >= 0.3 is 0 Å². The Morgan fingerprint density at radius 3 is 2.55 bits per heavy atom. The second kappa shape index (κ2) is 6.26. The summed E-state index contributed by atoms with van der Waals surface area (Å²) in [5, 5.41) is 11.4. The Hall–Kier alpha value is -1.56. The van der Waals surface area contributed by atoms with Crippen LogP contribution in [0.3, 0.4) is 0 Å². The SMILES string of the molecule is O=[N+]([O-])c1ccc(OCc2nc(Cl)ccc2Cl)c(Cl)c1. The van der Waals surface area contributed by atoms with E-state index >= 15 is 0 Å². The number of non-ortho nitro benzene ring substituents is 1. The molecule has 0 aliphatic rings. The van der Waals surface area contributed by atoms with Gasteiger partial charge in [0.1, 0.15) is 17.5 Å². The van der Waals surface area contributed by atoms with Gasteiger partial charge in [0, 0.05) is 12.1 Å². The molecule has 104 valence electrons. The Bertz CT molecular complexity index is 664. The zero-order valence-electron chi connectivity index (χ0n) is 9.85. The van der Waals surface area contributed by atoms with Crippen LogP contribution in [0.4, 0.5) is 5.69 Å². The maximum atomic E-state index is 10.6. The number of nitro benzene ring substituents is 1. The first-order chi connectivity index (χ1) is 9.47. The van der Waals surface area contributed by atoms with Gasteiger partial charge in [0.25, 0.3) is 5.69 Å². The minimum atomic E-state index is -0.537. The molecule has 1 aromatic carbocycles. The van der Waals surface area contributed by atoms with Crippen molar-refractivity contribution in [2.24, 2.45) is 0 Å². The quantitative estimate of drug-likeness (QED) is 0.468. The second-order valence-corrected chi connectivity index (χ2v) is 4.92. The molecule has 8 heteroatoms. The van der Waals surface area contributed by atoms with Crippen molar-refractivity contribution < 1.29 is 9.66 Å². The van der Waals surface area contributed by atoms with Crippen molar-refractivity contribution in [2.75, 3.05) is 0 Å². The molecule has 20 heavy (non-hydrogen) atoms. The minimum absolute atomic E-state index is 0.0525. The predicted molar refractivity (Wildman–Crippen MR) is 76.7 cm³/mol. The molecule has 2 aromatic rings. The first-order valence-corrected chi connectivity index (χ1v) is 6.48. The molecule has 0 unspecified atom stereocenters. The summed E-state index contributed by atoms with van der Waals surface area (Å²) in [6, 6.07) is 7.09. The molecule has 0 radical (unpaired) electrons. The molecule has 0 bridgehead atoms. The van der Waals surface area contributed by atoms with Gasteiger partial charge in [-0.2, -0.15) is 0 Å². The predicted octanol–water partition coefficient (Wildman–Crippen LogP) is 4.53. The van der Waals surface area contributed by atoms with Crippen LogP contribution in [0.5, 0.6) is 5.75 Å². The molecule has 0 atom stereocenters. The summed E-state index contributed by atoms with van der Waals surface area (Å²) in [5.41, 5.74) is 0.342. The number of ether oxygens (including phenoxy) is 1. The molecule has 1 aromatic heterocycles. The molecule has 5 nitrogen and oxygen atoms in total. The summed E-state index contributed by atoms with van der Waals surface area (Å²) in [6.07, 6.45) is 0. The van der Waals surface area contributed by atoms with E-state index < -0.39 is 4.92 Å². The van der Waals surface area contributed by atoms with Crippen molar-refractivity contribution in [3.05, 3.63) is 61.3 Å². The summed E-state index contributed by atoms with van der Waals surface area (Å²) in [5.74, 6) is 0.301. The smallest absolute Gasteiger partial charge is 0.271 e. The summed E-state index contributed by atoms with van der Waals surface area (Å²) in [4.78, 5) is 14.1. The number of rotatable bonds is 4. The van der Waals surface area contributed by atoms with Crippen LogP contribution in [0.15, 0.2) is 30.3 Å². The zero-order valence-corrected chi connectivity index (χ0v) is 12.1. The van der Waals surface area contributed by atoms with Crippen LogP contribution in [0.1, 0.15) is 5.69 Å². The molecule has 0 saturated heterocycles. The normalized spacial score (nSPS) is 10.3. The van der Waals surface area contributed by atoms with Crippen LogP contribution in [-0.2, 0) is 6.61 Å². The zero-order chi connectivity index (χ0) is 14.7. The molecular weight excluding hydrogens is 327 g/mol. The van der Waals surface area contributed by atoms with E-state index in [1.54, 1.807) is 12.1 Å². The number of hydrogen-bond acceptors (Lipinski definition) is 4. The summed E-state index contributed by atoms with van der Waals surface area (Å²) in [6.45, 7) is 0.0525. The average Bonchev–Trinajstić information content (AvgIpc) is 2.40. The third-order valence-electron chi connectivity index (χ3n) is 2.38. The highest BCUT2D eigenvalue weighted by molar-refractivity contribution is 6.33. The van der Waals surface area contributed by atoms with Crippen molar-refractivity contribution in [2.45, 2.75) is 6.61 Å². The van der Waals surface area contributed by atoms with Gasteiger partial charge in [0.05, 0.1) is 20.7 Å². The highest BCUT2D eigenvalue weighted by Gasteiger charge is 2.11. The second-order valence-electron chi connectivity index (χ2n) is 3.72. The number of nitro groups is 1. The molecule has 0 saturated carbocycles. The summed E-state index contributed by atoms with van der Waals surface area (Å²) >= 11 is 17.6. The van der Waals surface area contributed by atoms with Crippen molar-refractivity contribution in [1.29, 1.82) is 0 Å². The summed E-state index contributed by atoms with van der Waals surface area (Å²) < 4.78 is 5.43. The Morgan fingerprint density at radius 2 is 1.90 bits per heavy atom. The van der Waals surface area contributed by atoms with Crippen molar-refractivity contribution in [1.82, 2.24) is 4.98 Å². The van der Waals surface area contributed by atoms with Gasteiger partial charge in [0.2, 0.25) is 0 Å². The topological polar surface area (TPSA) is 65.3 Å². The van der Waals surface area contributed by atoms with E-state index in [9.17, 15) is 10.1 Å². The van der Waals surface area contributed by atoms with E-state index in [0.29, 0.717) is 21.6 Å².